The molecule has 2 amide bonds. The maximum atomic E-state index is 11.9. The number of rotatable bonds is 2. The molecule has 0 saturated carbocycles. The highest BCUT2D eigenvalue weighted by Gasteiger charge is 2.24. The van der Waals surface area contributed by atoms with E-state index < -0.39 is 6.09 Å². The van der Waals surface area contributed by atoms with Gasteiger partial charge in [-0.1, -0.05) is 51.1 Å². The molecule has 3 fully saturated rings. The smallest absolute Gasteiger partial charge is 0.407 e. The molecule has 2 aromatic carbocycles. The van der Waals surface area contributed by atoms with E-state index >= 15 is 0 Å². The van der Waals surface area contributed by atoms with Gasteiger partial charge in [0.1, 0.15) is 5.82 Å². The number of carbonyl (C=O) groups excluding carboxylic acids is 1. The third-order valence-corrected chi connectivity index (χ3v) is 6.56. The van der Waals surface area contributed by atoms with Crippen molar-refractivity contribution in [2.45, 2.75) is 59.4 Å². The van der Waals surface area contributed by atoms with Crippen molar-refractivity contribution in [2.75, 3.05) is 33.2 Å². The SMILES string of the molecule is C1CN2CCC1CC2.C=CCC.CC.CNC(=O)c1ccc2c(c1)CCN(C(=O)O)C2.Fc1ccccc1.[HH]. The zero-order chi connectivity index (χ0) is 28.3. The average molecular weight is 530 g/mol. The molecule has 0 aromatic heterocycles. The van der Waals surface area contributed by atoms with E-state index in [4.69, 9.17) is 5.11 Å². The summed E-state index contributed by atoms with van der Waals surface area (Å²) in [5.41, 5.74) is 2.66. The molecule has 0 aliphatic carbocycles. The van der Waals surface area contributed by atoms with E-state index in [0.29, 0.717) is 25.1 Å². The summed E-state index contributed by atoms with van der Waals surface area (Å²) in [7, 11) is 1.59. The van der Waals surface area contributed by atoms with Crippen molar-refractivity contribution in [3.63, 3.8) is 0 Å². The molecule has 4 aliphatic rings. The van der Waals surface area contributed by atoms with Gasteiger partial charge in [-0.15, -0.1) is 6.58 Å². The lowest BCUT2D eigenvalue weighted by atomic mass is 9.89. The van der Waals surface area contributed by atoms with Crippen LogP contribution in [0.15, 0.2) is 61.2 Å². The number of piperidine rings is 3. The van der Waals surface area contributed by atoms with Gasteiger partial charge >= 0.3 is 6.09 Å². The third-order valence-electron chi connectivity index (χ3n) is 6.56. The molecule has 6 nitrogen and oxygen atoms in total. The molecule has 4 heterocycles. The summed E-state index contributed by atoms with van der Waals surface area (Å²) in [6, 6.07) is 13.3. The minimum Gasteiger partial charge on any atom is -0.465 e. The van der Waals surface area contributed by atoms with Crippen molar-refractivity contribution in [3.05, 3.63) is 83.7 Å². The van der Waals surface area contributed by atoms with Crippen molar-refractivity contribution < 1.29 is 20.5 Å². The lowest BCUT2D eigenvalue weighted by Gasteiger charge is -2.38. The molecular formula is C31H48FN3O3. The first-order valence-electron chi connectivity index (χ1n) is 13.7. The monoisotopic (exact) mass is 529 g/mol. The van der Waals surface area contributed by atoms with Crippen LogP contribution in [0.3, 0.4) is 0 Å². The molecule has 2 N–H and O–H groups in total. The van der Waals surface area contributed by atoms with E-state index in [-0.39, 0.29) is 13.2 Å². The lowest BCUT2D eigenvalue weighted by Crippen LogP contribution is -2.41. The number of halogens is 1. The number of amides is 2. The molecular weight excluding hydrogens is 481 g/mol. The zero-order valence-corrected chi connectivity index (χ0v) is 23.6. The standard InChI is InChI=1S/C12H14N2O3.C7H13N.C6H5F.C4H8.C2H6.H2/c1-13-11(15)9-2-3-10-7-14(12(16)17)5-4-8(10)6-9;1-4-8-5-2-7(1)3-6-8;7-6-4-2-1-3-5-6;1-3-4-2;1-2;/h2-3,6H,4-5,7H2,1H3,(H,13,15)(H,16,17);7H,1-6H2;1-5H;3H,1,4H2,2H3;1-2H3;1H. The Morgan fingerprint density at radius 2 is 1.63 bits per heavy atom. The predicted molar refractivity (Wildman–Crippen MR) is 156 cm³/mol. The number of hydrogen-bond acceptors (Lipinski definition) is 3. The van der Waals surface area contributed by atoms with E-state index in [9.17, 15) is 14.0 Å². The second-order valence-electron chi connectivity index (χ2n) is 9.08. The maximum Gasteiger partial charge on any atom is 0.407 e. The maximum absolute atomic E-state index is 11.9. The van der Waals surface area contributed by atoms with Crippen molar-refractivity contribution >= 4 is 12.0 Å². The molecule has 7 heteroatoms. The van der Waals surface area contributed by atoms with Gasteiger partial charge in [0, 0.05) is 27.1 Å². The third kappa shape index (κ3) is 11.9. The number of nitrogens with zero attached hydrogens (tertiary/aromatic N) is 2. The molecule has 0 atom stereocenters. The molecule has 4 aliphatic heterocycles. The first-order chi connectivity index (χ1) is 18.4. The van der Waals surface area contributed by atoms with E-state index in [0.717, 1.165) is 23.5 Å². The van der Waals surface area contributed by atoms with Gasteiger partial charge in [-0.3, -0.25) is 4.79 Å². The van der Waals surface area contributed by atoms with Crippen LogP contribution in [-0.2, 0) is 13.0 Å². The zero-order valence-electron chi connectivity index (χ0n) is 23.6. The van der Waals surface area contributed by atoms with Gasteiger partial charge in [-0.25, -0.2) is 9.18 Å². The van der Waals surface area contributed by atoms with Gasteiger partial charge in [0.05, 0.1) is 0 Å². The minimum atomic E-state index is -0.897. The fraction of sp³-hybridized carbons (Fsp3) is 0.484. The van der Waals surface area contributed by atoms with Crippen LogP contribution in [0.2, 0.25) is 0 Å². The van der Waals surface area contributed by atoms with Crippen molar-refractivity contribution in [1.82, 2.24) is 15.1 Å². The number of carbonyl (C=O) groups is 2. The van der Waals surface area contributed by atoms with Crippen LogP contribution in [-0.4, -0.2) is 60.1 Å². The Hall–Kier alpha value is -3.19. The van der Waals surface area contributed by atoms with Crippen LogP contribution in [0, 0.1) is 11.7 Å². The van der Waals surface area contributed by atoms with Crippen LogP contribution in [0.25, 0.3) is 0 Å². The molecule has 2 bridgehead atoms. The summed E-state index contributed by atoms with van der Waals surface area (Å²) < 4.78 is 11.9. The van der Waals surface area contributed by atoms with Crippen LogP contribution >= 0.6 is 0 Å². The summed E-state index contributed by atoms with van der Waals surface area (Å²) >= 11 is 0. The fourth-order valence-electron chi connectivity index (χ4n) is 4.28. The highest BCUT2D eigenvalue weighted by Crippen LogP contribution is 2.26. The van der Waals surface area contributed by atoms with E-state index in [1.807, 2.05) is 32.1 Å². The Kier molecular flexibility index (Phi) is 16.4. The van der Waals surface area contributed by atoms with E-state index in [1.54, 1.807) is 31.3 Å². The number of hydrogen-bond donors (Lipinski definition) is 2. The molecule has 38 heavy (non-hydrogen) atoms. The van der Waals surface area contributed by atoms with Gasteiger partial charge < -0.3 is 20.2 Å². The van der Waals surface area contributed by atoms with E-state index in [1.165, 1.54) is 55.9 Å². The van der Waals surface area contributed by atoms with Crippen LogP contribution in [0.5, 0.6) is 0 Å². The summed E-state index contributed by atoms with van der Waals surface area (Å²) in [5.74, 6) is 0.816. The predicted octanol–water partition coefficient (Wildman–Crippen LogP) is 6.86. The Morgan fingerprint density at radius 3 is 2.00 bits per heavy atom. The number of allylic oxidation sites excluding steroid dienone is 1. The summed E-state index contributed by atoms with van der Waals surface area (Å²) in [6.07, 6.45) is 7.18. The normalized spacial score (nSPS) is 18.2. The first-order valence-corrected chi connectivity index (χ1v) is 13.7. The van der Waals surface area contributed by atoms with Crippen molar-refractivity contribution in [3.8, 4) is 0 Å². The molecule has 0 spiro atoms. The molecule has 212 valence electrons. The Morgan fingerprint density at radius 1 is 1.05 bits per heavy atom. The van der Waals surface area contributed by atoms with Gasteiger partial charge in [0.15, 0.2) is 0 Å². The number of benzene rings is 2. The number of carboxylic acid groups (broad SMARTS) is 1. The largest absolute Gasteiger partial charge is 0.465 e. The highest BCUT2D eigenvalue weighted by molar-refractivity contribution is 5.94. The molecule has 6 rings (SSSR count). The quantitative estimate of drug-likeness (QED) is 0.417. The van der Waals surface area contributed by atoms with Crippen LogP contribution < -0.4 is 5.32 Å². The Bertz CT molecular complexity index is 944. The van der Waals surface area contributed by atoms with Crippen molar-refractivity contribution in [1.29, 1.82) is 0 Å². The van der Waals surface area contributed by atoms with Gasteiger partial charge in [0.25, 0.3) is 5.91 Å². The first kappa shape index (κ1) is 32.8. The molecule has 0 unspecified atom stereocenters. The Labute approximate surface area is 230 Å². The summed E-state index contributed by atoms with van der Waals surface area (Å²) in [4.78, 5) is 26.3. The molecule has 0 radical (unpaired) electrons. The Balaban J connectivity index is 0.000000547. The van der Waals surface area contributed by atoms with Crippen molar-refractivity contribution in [2.24, 2.45) is 5.92 Å². The fourth-order valence-corrected chi connectivity index (χ4v) is 4.28. The van der Waals surface area contributed by atoms with Gasteiger partial charge in [-0.2, -0.15) is 0 Å². The second kappa shape index (κ2) is 19.0. The van der Waals surface area contributed by atoms with Gasteiger partial charge in [-0.05, 0) is 93.0 Å². The number of nitrogens with one attached hydrogen (secondary N) is 1. The molecule has 2 aromatic rings. The minimum absolute atomic E-state index is 0. The highest BCUT2D eigenvalue weighted by atomic mass is 19.1. The average Bonchev–Trinajstić information content (AvgIpc) is 2.99. The summed E-state index contributed by atoms with van der Waals surface area (Å²) in [6.45, 7) is 14.6. The van der Waals surface area contributed by atoms with Crippen LogP contribution in [0.4, 0.5) is 9.18 Å². The number of fused-ring (bicyclic) bond motifs is 4. The summed E-state index contributed by atoms with van der Waals surface area (Å²) in [5, 5.41) is 11.5. The lowest BCUT2D eigenvalue weighted by molar-refractivity contribution is 0.0962. The topological polar surface area (TPSA) is 72.9 Å². The van der Waals surface area contributed by atoms with E-state index in [2.05, 4.69) is 23.7 Å². The molecule has 3 saturated heterocycles. The van der Waals surface area contributed by atoms with Crippen LogP contribution in [0.1, 0.15) is 69.4 Å². The van der Waals surface area contributed by atoms with Gasteiger partial charge in [0.2, 0.25) is 0 Å². The second-order valence-corrected chi connectivity index (χ2v) is 9.08.